The number of aromatic nitrogens is 2. The van der Waals surface area contributed by atoms with Crippen molar-refractivity contribution in [3.8, 4) is 0 Å². The molecule has 0 aliphatic heterocycles. The van der Waals surface area contributed by atoms with E-state index in [2.05, 4.69) is 9.97 Å². The van der Waals surface area contributed by atoms with E-state index in [4.69, 9.17) is 5.73 Å². The van der Waals surface area contributed by atoms with Gasteiger partial charge in [-0.1, -0.05) is 12.1 Å². The van der Waals surface area contributed by atoms with E-state index < -0.39 is 0 Å². The molecular formula is C14H16N4O. The normalized spacial score (nSPS) is 11.9. The Morgan fingerprint density at radius 2 is 2.00 bits per heavy atom. The number of nitrogens with zero attached hydrogens (tertiary/aromatic N) is 3. The molecule has 19 heavy (non-hydrogen) atoms. The van der Waals surface area contributed by atoms with Crippen LogP contribution in [0.4, 0.5) is 5.69 Å². The second-order valence-corrected chi connectivity index (χ2v) is 4.39. The summed E-state index contributed by atoms with van der Waals surface area (Å²) >= 11 is 0. The first-order valence-electron chi connectivity index (χ1n) is 5.97. The van der Waals surface area contributed by atoms with Gasteiger partial charge in [0.15, 0.2) is 0 Å². The van der Waals surface area contributed by atoms with Crippen molar-refractivity contribution in [1.82, 2.24) is 14.9 Å². The van der Waals surface area contributed by atoms with Crippen molar-refractivity contribution in [3.63, 3.8) is 0 Å². The molecule has 0 saturated carbocycles. The SMILES string of the molecule is CC(c1cccc(N)c1)N(C)C(=O)c1cncnc1. The minimum Gasteiger partial charge on any atom is -0.399 e. The number of benzene rings is 1. The van der Waals surface area contributed by atoms with Gasteiger partial charge < -0.3 is 10.6 Å². The van der Waals surface area contributed by atoms with Gasteiger partial charge in [-0.3, -0.25) is 4.79 Å². The van der Waals surface area contributed by atoms with Crippen LogP contribution in [0.1, 0.15) is 28.9 Å². The number of carbonyl (C=O) groups excluding carboxylic acids is 1. The summed E-state index contributed by atoms with van der Waals surface area (Å²) < 4.78 is 0. The molecule has 0 bridgehead atoms. The van der Waals surface area contributed by atoms with Crippen LogP contribution in [0.3, 0.4) is 0 Å². The van der Waals surface area contributed by atoms with Crippen LogP contribution in [-0.2, 0) is 0 Å². The molecule has 0 radical (unpaired) electrons. The third kappa shape index (κ3) is 2.88. The van der Waals surface area contributed by atoms with Gasteiger partial charge in [0.25, 0.3) is 5.91 Å². The molecule has 0 aliphatic carbocycles. The molecule has 1 heterocycles. The molecule has 1 aromatic heterocycles. The molecule has 5 heteroatoms. The van der Waals surface area contributed by atoms with Gasteiger partial charge in [-0.15, -0.1) is 0 Å². The molecule has 1 aromatic carbocycles. The molecule has 2 N–H and O–H groups in total. The Hall–Kier alpha value is -2.43. The lowest BCUT2D eigenvalue weighted by Crippen LogP contribution is -2.29. The van der Waals surface area contributed by atoms with Gasteiger partial charge >= 0.3 is 0 Å². The van der Waals surface area contributed by atoms with Gasteiger partial charge in [0.1, 0.15) is 6.33 Å². The number of hydrogen-bond acceptors (Lipinski definition) is 4. The fourth-order valence-corrected chi connectivity index (χ4v) is 1.83. The highest BCUT2D eigenvalue weighted by molar-refractivity contribution is 5.93. The minimum absolute atomic E-state index is 0.0730. The van der Waals surface area contributed by atoms with Gasteiger partial charge in [0, 0.05) is 25.1 Å². The number of anilines is 1. The van der Waals surface area contributed by atoms with Crippen LogP contribution >= 0.6 is 0 Å². The number of carbonyl (C=O) groups is 1. The molecule has 2 aromatic rings. The van der Waals surface area contributed by atoms with Crippen molar-refractivity contribution in [2.75, 3.05) is 12.8 Å². The van der Waals surface area contributed by atoms with Gasteiger partial charge in [-0.2, -0.15) is 0 Å². The van der Waals surface area contributed by atoms with Crippen LogP contribution < -0.4 is 5.73 Å². The fourth-order valence-electron chi connectivity index (χ4n) is 1.83. The monoisotopic (exact) mass is 256 g/mol. The number of amides is 1. The average Bonchev–Trinajstić information content (AvgIpc) is 2.46. The van der Waals surface area contributed by atoms with E-state index in [9.17, 15) is 4.79 Å². The second-order valence-electron chi connectivity index (χ2n) is 4.39. The number of nitrogens with two attached hydrogens (primary N) is 1. The Morgan fingerprint density at radius 3 is 2.63 bits per heavy atom. The molecular weight excluding hydrogens is 240 g/mol. The highest BCUT2D eigenvalue weighted by Crippen LogP contribution is 2.21. The van der Waals surface area contributed by atoms with Crippen molar-refractivity contribution in [1.29, 1.82) is 0 Å². The summed E-state index contributed by atoms with van der Waals surface area (Å²) in [5.74, 6) is -0.115. The van der Waals surface area contributed by atoms with E-state index in [0.717, 1.165) is 5.56 Å². The molecule has 0 aliphatic rings. The lowest BCUT2D eigenvalue weighted by molar-refractivity contribution is 0.0742. The van der Waals surface area contributed by atoms with E-state index in [1.54, 1.807) is 11.9 Å². The fraction of sp³-hybridized carbons (Fsp3) is 0.214. The standard InChI is InChI=1S/C14H16N4O/c1-10(11-4-3-5-13(15)6-11)18(2)14(19)12-7-16-9-17-8-12/h3-10H,15H2,1-2H3. The van der Waals surface area contributed by atoms with Crippen LogP contribution in [0.5, 0.6) is 0 Å². The van der Waals surface area contributed by atoms with Crippen molar-refractivity contribution < 1.29 is 4.79 Å². The highest BCUT2D eigenvalue weighted by Gasteiger charge is 2.19. The van der Waals surface area contributed by atoms with Crippen molar-refractivity contribution >= 4 is 11.6 Å². The zero-order valence-corrected chi connectivity index (χ0v) is 10.9. The van der Waals surface area contributed by atoms with Crippen LogP contribution in [0, 0.1) is 0 Å². The molecule has 0 spiro atoms. The summed E-state index contributed by atoms with van der Waals surface area (Å²) in [6.07, 6.45) is 4.42. The predicted octanol–water partition coefficient (Wildman–Crippen LogP) is 1.89. The molecule has 98 valence electrons. The first-order chi connectivity index (χ1) is 9.09. The van der Waals surface area contributed by atoms with Crippen LogP contribution in [0.25, 0.3) is 0 Å². The molecule has 1 amide bonds. The maximum atomic E-state index is 12.3. The van der Waals surface area contributed by atoms with Gasteiger partial charge in [0.2, 0.25) is 0 Å². The summed E-state index contributed by atoms with van der Waals surface area (Å²) in [7, 11) is 1.75. The third-order valence-electron chi connectivity index (χ3n) is 3.10. The quantitative estimate of drug-likeness (QED) is 0.851. The van der Waals surface area contributed by atoms with E-state index in [-0.39, 0.29) is 11.9 Å². The maximum Gasteiger partial charge on any atom is 0.257 e. The molecule has 1 unspecified atom stereocenters. The van der Waals surface area contributed by atoms with E-state index in [1.807, 2.05) is 31.2 Å². The molecule has 0 saturated heterocycles. The van der Waals surface area contributed by atoms with Crippen molar-refractivity contribution in [2.45, 2.75) is 13.0 Å². The van der Waals surface area contributed by atoms with Crippen LogP contribution in [-0.4, -0.2) is 27.8 Å². The molecule has 5 nitrogen and oxygen atoms in total. The third-order valence-corrected chi connectivity index (χ3v) is 3.10. The Morgan fingerprint density at radius 1 is 1.32 bits per heavy atom. The van der Waals surface area contributed by atoms with E-state index >= 15 is 0 Å². The molecule has 2 rings (SSSR count). The lowest BCUT2D eigenvalue weighted by Gasteiger charge is -2.25. The highest BCUT2D eigenvalue weighted by atomic mass is 16.2. The van der Waals surface area contributed by atoms with Gasteiger partial charge in [-0.25, -0.2) is 9.97 Å². The first kappa shape index (κ1) is 13.0. The van der Waals surface area contributed by atoms with Crippen molar-refractivity contribution in [3.05, 3.63) is 54.1 Å². The first-order valence-corrected chi connectivity index (χ1v) is 5.97. The lowest BCUT2D eigenvalue weighted by atomic mass is 10.1. The van der Waals surface area contributed by atoms with Crippen LogP contribution in [0.15, 0.2) is 43.0 Å². The minimum atomic E-state index is -0.115. The zero-order chi connectivity index (χ0) is 13.8. The largest absolute Gasteiger partial charge is 0.399 e. The Balaban J connectivity index is 2.20. The summed E-state index contributed by atoms with van der Waals surface area (Å²) in [5.41, 5.74) is 7.91. The van der Waals surface area contributed by atoms with Crippen molar-refractivity contribution in [2.24, 2.45) is 0 Å². The second kappa shape index (κ2) is 5.48. The Labute approximate surface area is 112 Å². The Bertz CT molecular complexity index is 571. The zero-order valence-electron chi connectivity index (χ0n) is 10.9. The van der Waals surface area contributed by atoms with E-state index in [1.165, 1.54) is 18.7 Å². The van der Waals surface area contributed by atoms with E-state index in [0.29, 0.717) is 11.3 Å². The topological polar surface area (TPSA) is 72.1 Å². The smallest absolute Gasteiger partial charge is 0.257 e. The number of nitrogen functional groups attached to an aromatic ring is 1. The Kier molecular flexibility index (Phi) is 3.75. The average molecular weight is 256 g/mol. The predicted molar refractivity (Wildman–Crippen MR) is 73.4 cm³/mol. The summed E-state index contributed by atoms with van der Waals surface area (Å²) in [4.78, 5) is 21.6. The molecule has 1 atom stereocenters. The summed E-state index contributed by atoms with van der Waals surface area (Å²) in [6, 6.07) is 7.45. The van der Waals surface area contributed by atoms with Gasteiger partial charge in [0.05, 0.1) is 11.6 Å². The molecule has 0 fully saturated rings. The maximum absolute atomic E-state index is 12.3. The number of hydrogen-bond donors (Lipinski definition) is 1. The summed E-state index contributed by atoms with van der Waals surface area (Å²) in [6.45, 7) is 1.95. The number of rotatable bonds is 3. The van der Waals surface area contributed by atoms with Crippen LogP contribution in [0.2, 0.25) is 0 Å². The summed E-state index contributed by atoms with van der Waals surface area (Å²) in [5, 5.41) is 0. The van der Waals surface area contributed by atoms with Gasteiger partial charge in [-0.05, 0) is 24.6 Å².